The van der Waals surface area contributed by atoms with Crippen LogP contribution < -0.4 is 5.73 Å². The molecule has 0 saturated heterocycles. The molecule has 1 heteroatoms. The smallest absolute Gasteiger partial charge is 0.00773 e. The summed E-state index contributed by atoms with van der Waals surface area (Å²) in [4.78, 5) is 0. The quantitative estimate of drug-likeness (QED) is 0.535. The number of rotatable bonds is 11. The van der Waals surface area contributed by atoms with Gasteiger partial charge in [0.1, 0.15) is 0 Å². The van der Waals surface area contributed by atoms with Crippen LogP contribution in [0.3, 0.4) is 0 Å². The van der Waals surface area contributed by atoms with Crippen LogP contribution in [0.25, 0.3) is 0 Å². The van der Waals surface area contributed by atoms with Crippen molar-refractivity contribution in [3.05, 3.63) is 35.4 Å². The molecule has 0 aliphatic heterocycles. The summed E-state index contributed by atoms with van der Waals surface area (Å²) in [6.45, 7) is 5.36. The van der Waals surface area contributed by atoms with Gasteiger partial charge in [0.2, 0.25) is 0 Å². The van der Waals surface area contributed by atoms with Crippen LogP contribution in [-0.2, 0) is 6.42 Å². The monoisotopic (exact) mass is 275 g/mol. The maximum atomic E-state index is 5.49. The SMILES string of the molecule is CC(C)c1ccc(CCCCCCCCCCN)cc1. The summed E-state index contributed by atoms with van der Waals surface area (Å²) in [5.41, 5.74) is 8.44. The Morgan fingerprint density at radius 3 is 1.75 bits per heavy atom. The molecule has 0 amide bonds. The Morgan fingerprint density at radius 2 is 1.25 bits per heavy atom. The Balaban J connectivity index is 2.01. The Bertz CT molecular complexity index is 326. The number of hydrogen-bond donors (Lipinski definition) is 1. The minimum absolute atomic E-state index is 0.642. The first-order chi connectivity index (χ1) is 9.74. The lowest BCUT2D eigenvalue weighted by Gasteiger charge is -2.07. The molecular weight excluding hydrogens is 242 g/mol. The molecule has 0 radical (unpaired) electrons. The maximum absolute atomic E-state index is 5.49. The van der Waals surface area contributed by atoms with E-state index in [0.29, 0.717) is 5.92 Å². The van der Waals surface area contributed by atoms with Gasteiger partial charge in [-0.1, -0.05) is 76.6 Å². The van der Waals surface area contributed by atoms with Gasteiger partial charge in [-0.25, -0.2) is 0 Å². The van der Waals surface area contributed by atoms with Crippen LogP contribution in [0.2, 0.25) is 0 Å². The van der Waals surface area contributed by atoms with Crippen molar-refractivity contribution in [1.82, 2.24) is 0 Å². The fraction of sp³-hybridized carbons (Fsp3) is 0.684. The van der Waals surface area contributed by atoms with Crippen LogP contribution in [0.4, 0.5) is 0 Å². The van der Waals surface area contributed by atoms with Crippen molar-refractivity contribution in [1.29, 1.82) is 0 Å². The minimum atomic E-state index is 0.642. The molecule has 0 aliphatic rings. The average molecular weight is 275 g/mol. The Morgan fingerprint density at radius 1 is 0.750 bits per heavy atom. The minimum Gasteiger partial charge on any atom is -0.330 e. The molecule has 20 heavy (non-hydrogen) atoms. The zero-order valence-corrected chi connectivity index (χ0v) is 13.5. The van der Waals surface area contributed by atoms with Gasteiger partial charge in [0, 0.05) is 0 Å². The standard InChI is InChI=1S/C19H33N/c1-17(2)19-14-12-18(13-15-19)11-9-7-5-3-4-6-8-10-16-20/h12-15,17H,3-11,16,20H2,1-2H3. The lowest BCUT2D eigenvalue weighted by Crippen LogP contribution is -1.97. The van der Waals surface area contributed by atoms with Gasteiger partial charge < -0.3 is 5.73 Å². The number of hydrogen-bond acceptors (Lipinski definition) is 1. The van der Waals surface area contributed by atoms with E-state index >= 15 is 0 Å². The topological polar surface area (TPSA) is 26.0 Å². The van der Waals surface area contributed by atoms with E-state index in [1.165, 1.54) is 68.9 Å². The van der Waals surface area contributed by atoms with Crippen molar-refractivity contribution in [3.63, 3.8) is 0 Å². The van der Waals surface area contributed by atoms with Crippen molar-refractivity contribution in [2.75, 3.05) is 6.54 Å². The van der Waals surface area contributed by atoms with Gasteiger partial charge in [0.15, 0.2) is 0 Å². The highest BCUT2D eigenvalue weighted by molar-refractivity contribution is 5.24. The third kappa shape index (κ3) is 7.69. The van der Waals surface area contributed by atoms with E-state index in [0.717, 1.165) is 6.54 Å². The average Bonchev–Trinajstić information content (AvgIpc) is 2.46. The molecule has 2 N–H and O–H groups in total. The highest BCUT2D eigenvalue weighted by Gasteiger charge is 1.99. The molecule has 0 bridgehead atoms. The van der Waals surface area contributed by atoms with Crippen molar-refractivity contribution in [3.8, 4) is 0 Å². The van der Waals surface area contributed by atoms with Gasteiger partial charge in [0.05, 0.1) is 0 Å². The van der Waals surface area contributed by atoms with Gasteiger partial charge in [0.25, 0.3) is 0 Å². The fourth-order valence-corrected chi connectivity index (χ4v) is 2.60. The van der Waals surface area contributed by atoms with Crippen LogP contribution in [0, 0.1) is 0 Å². The lowest BCUT2D eigenvalue weighted by atomic mass is 9.99. The van der Waals surface area contributed by atoms with Crippen LogP contribution >= 0.6 is 0 Å². The number of unbranched alkanes of at least 4 members (excludes halogenated alkanes) is 7. The van der Waals surface area contributed by atoms with Crippen molar-refractivity contribution in [2.24, 2.45) is 5.73 Å². The maximum Gasteiger partial charge on any atom is -0.00773 e. The molecule has 0 heterocycles. The highest BCUT2D eigenvalue weighted by Crippen LogP contribution is 2.16. The van der Waals surface area contributed by atoms with Gasteiger partial charge in [-0.2, -0.15) is 0 Å². The largest absolute Gasteiger partial charge is 0.330 e. The highest BCUT2D eigenvalue weighted by atomic mass is 14.5. The summed E-state index contributed by atoms with van der Waals surface area (Å²) in [6.07, 6.45) is 12.0. The third-order valence-corrected chi connectivity index (χ3v) is 4.07. The van der Waals surface area contributed by atoms with Gasteiger partial charge in [-0.15, -0.1) is 0 Å². The fourth-order valence-electron chi connectivity index (χ4n) is 2.60. The second kappa shape index (κ2) is 10.9. The zero-order chi connectivity index (χ0) is 14.6. The summed E-state index contributed by atoms with van der Waals surface area (Å²) in [5.74, 6) is 0.642. The lowest BCUT2D eigenvalue weighted by molar-refractivity contribution is 0.570. The molecule has 0 fully saturated rings. The summed E-state index contributed by atoms with van der Waals surface area (Å²) in [7, 11) is 0. The Hall–Kier alpha value is -0.820. The van der Waals surface area contributed by atoms with Gasteiger partial charge >= 0.3 is 0 Å². The molecule has 1 rings (SSSR count). The normalized spacial score (nSPS) is 11.2. The third-order valence-electron chi connectivity index (χ3n) is 4.07. The van der Waals surface area contributed by atoms with Crippen LogP contribution in [0.1, 0.15) is 82.3 Å². The molecule has 1 aromatic rings. The van der Waals surface area contributed by atoms with Crippen molar-refractivity contribution in [2.45, 2.75) is 77.6 Å². The van der Waals surface area contributed by atoms with Crippen LogP contribution in [0.15, 0.2) is 24.3 Å². The molecule has 0 aromatic heterocycles. The summed E-state index contributed by atoms with van der Waals surface area (Å²) < 4.78 is 0. The van der Waals surface area contributed by atoms with E-state index in [1.807, 2.05) is 0 Å². The molecule has 1 nitrogen and oxygen atoms in total. The van der Waals surface area contributed by atoms with E-state index < -0.39 is 0 Å². The van der Waals surface area contributed by atoms with Gasteiger partial charge in [-0.05, 0) is 42.9 Å². The van der Waals surface area contributed by atoms with E-state index in [-0.39, 0.29) is 0 Å². The zero-order valence-electron chi connectivity index (χ0n) is 13.5. The molecule has 0 unspecified atom stereocenters. The molecule has 114 valence electrons. The second-order valence-corrected chi connectivity index (χ2v) is 6.26. The molecule has 0 saturated carbocycles. The molecule has 0 aliphatic carbocycles. The van der Waals surface area contributed by atoms with Crippen LogP contribution in [0.5, 0.6) is 0 Å². The molecular formula is C19H33N. The van der Waals surface area contributed by atoms with Crippen molar-refractivity contribution < 1.29 is 0 Å². The first-order valence-electron chi connectivity index (χ1n) is 8.53. The molecule has 0 atom stereocenters. The van der Waals surface area contributed by atoms with E-state index in [1.54, 1.807) is 0 Å². The van der Waals surface area contributed by atoms with E-state index in [2.05, 4.69) is 38.1 Å². The Labute approximate surface area is 126 Å². The summed E-state index contributed by atoms with van der Waals surface area (Å²) >= 11 is 0. The summed E-state index contributed by atoms with van der Waals surface area (Å²) in [6, 6.07) is 9.19. The molecule has 1 aromatic carbocycles. The van der Waals surface area contributed by atoms with Gasteiger partial charge in [-0.3, -0.25) is 0 Å². The predicted octanol–water partition coefficient (Wildman–Crippen LogP) is 5.43. The number of nitrogens with two attached hydrogens (primary N) is 1. The summed E-state index contributed by atoms with van der Waals surface area (Å²) in [5, 5.41) is 0. The van der Waals surface area contributed by atoms with E-state index in [9.17, 15) is 0 Å². The van der Waals surface area contributed by atoms with Crippen molar-refractivity contribution >= 4 is 0 Å². The number of aryl methyl sites for hydroxylation is 1. The van der Waals surface area contributed by atoms with Crippen LogP contribution in [-0.4, -0.2) is 6.54 Å². The Kier molecular flexibility index (Phi) is 9.40. The first kappa shape index (κ1) is 17.2. The predicted molar refractivity (Wildman–Crippen MR) is 90.2 cm³/mol. The van der Waals surface area contributed by atoms with E-state index in [4.69, 9.17) is 5.73 Å². The number of benzene rings is 1. The second-order valence-electron chi connectivity index (χ2n) is 6.26. The molecule has 0 spiro atoms. The first-order valence-corrected chi connectivity index (χ1v) is 8.53.